The molecule has 3 nitrogen and oxygen atoms in total. The van der Waals surface area contributed by atoms with Crippen molar-refractivity contribution in [3.05, 3.63) is 120 Å². The Morgan fingerprint density at radius 1 is 0.743 bits per heavy atom. The fraction of sp³-hybridized carbons (Fsp3) is 0.355. The normalized spacial score (nSPS) is 27.9. The number of nitrogens with zero attached hydrogens (tertiary/aromatic N) is 1. The number of quaternary nitrogens is 1. The molecule has 0 aliphatic carbocycles. The quantitative estimate of drug-likeness (QED) is 0.226. The lowest BCUT2D eigenvalue weighted by molar-refractivity contribution is -0.837. The number of unbranched alkanes of at least 4 members (excludes halogenated alkanes) is 4. The maximum Gasteiger partial charge on any atom is 0.496 e. The number of hydrogen-bond donors (Lipinski definition) is 0. The van der Waals surface area contributed by atoms with E-state index in [0.29, 0.717) is 0 Å². The minimum absolute atomic E-state index is 0.0291. The second-order valence-corrected chi connectivity index (χ2v) is 10.3. The molecule has 0 spiro atoms. The van der Waals surface area contributed by atoms with Gasteiger partial charge in [-0.25, -0.2) is 0 Å². The Kier molecular flexibility index (Phi) is 7.53. The van der Waals surface area contributed by atoms with Gasteiger partial charge in [0.15, 0.2) is 0 Å². The summed E-state index contributed by atoms with van der Waals surface area (Å²) in [5.41, 5.74) is 3.82. The van der Waals surface area contributed by atoms with Crippen molar-refractivity contribution in [1.82, 2.24) is 0 Å². The van der Waals surface area contributed by atoms with Gasteiger partial charge in [0.2, 0.25) is 0 Å². The molecule has 0 N–H and O–H groups in total. The Morgan fingerprint density at radius 2 is 1.29 bits per heavy atom. The molecule has 2 aliphatic heterocycles. The Balaban J connectivity index is 1.50. The van der Waals surface area contributed by atoms with Gasteiger partial charge in [-0.05, 0) is 24.0 Å². The molecule has 2 aliphatic rings. The Labute approximate surface area is 211 Å². The summed E-state index contributed by atoms with van der Waals surface area (Å²) in [6, 6.07) is 32.2. The lowest BCUT2D eigenvalue weighted by Gasteiger charge is -2.45. The number of rotatable bonds is 10. The number of fused-ring (bicyclic) bond motifs is 1. The lowest BCUT2D eigenvalue weighted by Crippen LogP contribution is -2.61. The molecular formula is C31H38BNO2. The van der Waals surface area contributed by atoms with Gasteiger partial charge in [0.1, 0.15) is 0 Å². The second-order valence-electron chi connectivity index (χ2n) is 10.3. The first-order valence-corrected chi connectivity index (χ1v) is 13.4. The Bertz CT molecular complexity index is 1040. The van der Waals surface area contributed by atoms with Crippen molar-refractivity contribution >= 4 is 6.69 Å². The molecule has 3 aromatic rings. The fourth-order valence-corrected chi connectivity index (χ4v) is 6.01. The summed E-state index contributed by atoms with van der Waals surface area (Å²) in [5.74, 6) is 2.32. The zero-order chi connectivity index (χ0) is 24.0. The van der Waals surface area contributed by atoms with E-state index < -0.39 is 6.69 Å². The predicted molar refractivity (Wildman–Crippen MR) is 144 cm³/mol. The number of allylic oxidation sites excluding steroid dienone is 1. The van der Waals surface area contributed by atoms with Gasteiger partial charge in [0, 0.05) is 5.56 Å². The van der Waals surface area contributed by atoms with Crippen LogP contribution in [-0.2, 0) is 15.9 Å². The molecule has 2 fully saturated rings. The van der Waals surface area contributed by atoms with E-state index in [4.69, 9.17) is 9.31 Å². The van der Waals surface area contributed by atoms with Crippen LogP contribution in [0.2, 0.25) is 0 Å². The van der Waals surface area contributed by atoms with Crippen molar-refractivity contribution in [2.45, 2.75) is 57.8 Å². The van der Waals surface area contributed by atoms with E-state index in [1.165, 1.54) is 42.4 Å². The van der Waals surface area contributed by atoms with Crippen LogP contribution in [0.25, 0.3) is 0 Å². The monoisotopic (exact) mass is 467 g/mol. The maximum absolute atomic E-state index is 7.04. The Morgan fingerprint density at radius 3 is 1.83 bits per heavy atom. The first kappa shape index (κ1) is 24.1. The maximum atomic E-state index is 7.04. The molecule has 2 heterocycles. The molecule has 0 bridgehead atoms. The minimum atomic E-state index is -1.67. The third-order valence-corrected chi connectivity index (χ3v) is 7.83. The molecule has 182 valence electrons. The van der Waals surface area contributed by atoms with E-state index in [0.717, 1.165) is 30.4 Å². The molecule has 0 amide bonds. The second kappa shape index (κ2) is 10.9. The topological polar surface area (TPSA) is 18.5 Å². The van der Waals surface area contributed by atoms with E-state index in [2.05, 4.69) is 110 Å². The first-order valence-electron chi connectivity index (χ1n) is 13.4. The average molecular weight is 467 g/mol. The third kappa shape index (κ3) is 5.16. The molecule has 0 saturated carbocycles. The molecule has 5 rings (SSSR count). The summed E-state index contributed by atoms with van der Waals surface area (Å²) in [6.07, 6.45) is 8.55. The Hall–Kier alpha value is -2.66. The third-order valence-electron chi connectivity index (χ3n) is 7.83. The molecule has 0 unspecified atom stereocenters. The van der Waals surface area contributed by atoms with Gasteiger partial charge < -0.3 is 13.7 Å². The highest BCUT2D eigenvalue weighted by Gasteiger charge is 2.62. The van der Waals surface area contributed by atoms with Crippen LogP contribution in [0, 0.1) is 0 Å². The summed E-state index contributed by atoms with van der Waals surface area (Å²) in [7, 11) is 0. The zero-order valence-electron chi connectivity index (χ0n) is 21.0. The fourth-order valence-electron chi connectivity index (χ4n) is 6.01. The van der Waals surface area contributed by atoms with Crippen LogP contribution >= 0.6 is 0 Å². The predicted octanol–water partition coefficient (Wildman–Crippen LogP) is 7.55. The zero-order valence-corrected chi connectivity index (χ0v) is 21.0. The van der Waals surface area contributed by atoms with Crippen molar-refractivity contribution in [2.75, 3.05) is 13.1 Å². The SMILES string of the molecule is CCCCCC/C=C/[B-]12O[C@H](c3ccccc3)C[N+]1(Cc1ccccc1)C[C@@H](c1ccccc1)O2. The van der Waals surface area contributed by atoms with Crippen molar-refractivity contribution in [3.8, 4) is 0 Å². The summed E-state index contributed by atoms with van der Waals surface area (Å²) < 4.78 is 14.9. The summed E-state index contributed by atoms with van der Waals surface area (Å²) in [4.78, 5) is 0. The first-order chi connectivity index (χ1) is 17.2. The molecule has 0 radical (unpaired) electrons. The van der Waals surface area contributed by atoms with Crippen LogP contribution in [-0.4, -0.2) is 24.2 Å². The smallest absolute Gasteiger partial charge is 0.496 e. The van der Waals surface area contributed by atoms with Crippen LogP contribution in [0.4, 0.5) is 0 Å². The van der Waals surface area contributed by atoms with Crippen LogP contribution < -0.4 is 0 Å². The van der Waals surface area contributed by atoms with Crippen molar-refractivity contribution in [1.29, 1.82) is 0 Å². The van der Waals surface area contributed by atoms with Crippen LogP contribution in [0.15, 0.2) is 103 Å². The largest absolute Gasteiger partial charge is 0.500 e. The standard InChI is InChI=1S/C31H38BNO2/c1-2-3-4-5-6-16-23-32-33(24-27-17-10-7-11-18-27,25-30(34-32)28-19-12-8-13-20-28)26-31(35-32)29-21-14-9-15-22-29/h7-23,30-31H,2-6,24-26H2,1H3/b23-16+/t30-,31-,32?,33?/m0/s1. The summed E-state index contributed by atoms with van der Waals surface area (Å²) >= 11 is 0. The van der Waals surface area contributed by atoms with E-state index >= 15 is 0 Å². The lowest BCUT2D eigenvalue weighted by atomic mass is 9.67. The average Bonchev–Trinajstić information content (AvgIpc) is 3.36. The molecule has 4 heteroatoms. The van der Waals surface area contributed by atoms with Gasteiger partial charge in [-0.15, -0.1) is 12.1 Å². The highest BCUT2D eigenvalue weighted by molar-refractivity contribution is 6.66. The molecule has 2 atom stereocenters. The van der Waals surface area contributed by atoms with Crippen LogP contribution in [0.5, 0.6) is 0 Å². The molecule has 0 aromatic heterocycles. The van der Waals surface area contributed by atoms with Gasteiger partial charge in [-0.3, -0.25) is 0 Å². The van der Waals surface area contributed by atoms with E-state index in [1.54, 1.807) is 0 Å². The van der Waals surface area contributed by atoms with Crippen LogP contribution in [0.3, 0.4) is 0 Å². The highest BCUT2D eigenvalue weighted by atomic mass is 16.7. The minimum Gasteiger partial charge on any atom is -0.500 e. The van der Waals surface area contributed by atoms with E-state index in [-0.39, 0.29) is 12.2 Å². The summed E-state index contributed by atoms with van der Waals surface area (Å²) in [6.45, 7) is 3.35. The molecule has 35 heavy (non-hydrogen) atoms. The number of benzene rings is 3. The summed E-state index contributed by atoms with van der Waals surface area (Å²) in [5, 5.41) is 0. The highest BCUT2D eigenvalue weighted by Crippen LogP contribution is 2.50. The van der Waals surface area contributed by atoms with Crippen molar-refractivity contribution in [3.63, 3.8) is 0 Å². The molecular weight excluding hydrogens is 429 g/mol. The number of hydrogen-bond acceptors (Lipinski definition) is 2. The van der Waals surface area contributed by atoms with Gasteiger partial charge in [0.25, 0.3) is 0 Å². The van der Waals surface area contributed by atoms with Crippen molar-refractivity contribution in [2.24, 2.45) is 0 Å². The van der Waals surface area contributed by atoms with E-state index in [1.807, 2.05) is 0 Å². The van der Waals surface area contributed by atoms with Crippen LogP contribution in [0.1, 0.15) is 67.9 Å². The molecule has 2 saturated heterocycles. The van der Waals surface area contributed by atoms with Gasteiger partial charge in [0.05, 0.1) is 31.8 Å². The van der Waals surface area contributed by atoms with Gasteiger partial charge in [-0.1, -0.05) is 117 Å². The van der Waals surface area contributed by atoms with Crippen molar-refractivity contribution < 1.29 is 13.7 Å². The molecule has 3 aromatic carbocycles. The van der Waals surface area contributed by atoms with Gasteiger partial charge >= 0.3 is 6.69 Å². The van der Waals surface area contributed by atoms with Gasteiger partial charge in [-0.2, -0.15) is 0 Å². The van der Waals surface area contributed by atoms with E-state index in [9.17, 15) is 0 Å².